The molecule has 3 rings (SSSR count). The standard InChI is InChI=1S/C16H23NO/c1-12(18)17-15-8-4-2-6-13(15)10-11-14-7-3-5-9-16(14)17/h10-11,13,15H,2-9H2,1H3. The number of hydrogen-bond donors (Lipinski definition) is 0. The van der Waals surface area contributed by atoms with Crippen LogP contribution in [0.2, 0.25) is 0 Å². The fourth-order valence-corrected chi connectivity index (χ4v) is 3.92. The van der Waals surface area contributed by atoms with Crippen molar-refractivity contribution in [3.05, 3.63) is 23.4 Å². The molecule has 3 aliphatic rings. The number of rotatable bonds is 0. The summed E-state index contributed by atoms with van der Waals surface area (Å²) in [5.74, 6) is 0.846. The Balaban J connectivity index is 2.00. The summed E-state index contributed by atoms with van der Waals surface area (Å²) in [5, 5.41) is 0. The molecular formula is C16H23NO. The summed E-state index contributed by atoms with van der Waals surface area (Å²) in [7, 11) is 0. The van der Waals surface area contributed by atoms with Gasteiger partial charge in [-0.1, -0.05) is 25.0 Å². The predicted octanol–water partition coefficient (Wildman–Crippen LogP) is 3.79. The average molecular weight is 245 g/mol. The van der Waals surface area contributed by atoms with Crippen molar-refractivity contribution in [2.45, 2.75) is 64.3 Å². The third-order valence-corrected chi connectivity index (χ3v) is 4.77. The summed E-state index contributed by atoms with van der Waals surface area (Å²) in [4.78, 5) is 14.3. The van der Waals surface area contributed by atoms with Gasteiger partial charge in [0.1, 0.15) is 0 Å². The van der Waals surface area contributed by atoms with Gasteiger partial charge in [-0.2, -0.15) is 0 Å². The van der Waals surface area contributed by atoms with Gasteiger partial charge in [-0.25, -0.2) is 0 Å². The lowest BCUT2D eigenvalue weighted by Gasteiger charge is -2.39. The van der Waals surface area contributed by atoms with Crippen molar-refractivity contribution < 1.29 is 4.79 Å². The molecule has 2 unspecified atom stereocenters. The molecule has 0 spiro atoms. The number of amides is 1. The van der Waals surface area contributed by atoms with Crippen molar-refractivity contribution in [1.82, 2.24) is 4.90 Å². The van der Waals surface area contributed by atoms with Crippen LogP contribution in [0.15, 0.2) is 23.4 Å². The molecule has 2 aliphatic carbocycles. The Hall–Kier alpha value is -1.05. The first-order valence-electron chi connectivity index (χ1n) is 7.47. The molecule has 2 atom stereocenters. The first-order valence-corrected chi connectivity index (χ1v) is 7.47. The number of fused-ring (bicyclic) bond motifs is 1. The van der Waals surface area contributed by atoms with E-state index in [-0.39, 0.29) is 5.91 Å². The molecule has 0 saturated heterocycles. The van der Waals surface area contributed by atoms with Gasteiger partial charge in [0, 0.05) is 18.7 Å². The molecule has 0 radical (unpaired) electrons. The fourth-order valence-electron chi connectivity index (χ4n) is 3.92. The fraction of sp³-hybridized carbons (Fsp3) is 0.688. The van der Waals surface area contributed by atoms with E-state index >= 15 is 0 Å². The minimum atomic E-state index is 0.255. The maximum atomic E-state index is 12.1. The number of allylic oxidation sites excluding steroid dienone is 3. The van der Waals surface area contributed by atoms with Crippen LogP contribution in [0.25, 0.3) is 0 Å². The van der Waals surface area contributed by atoms with E-state index in [1.54, 1.807) is 6.92 Å². The molecule has 2 nitrogen and oxygen atoms in total. The number of carbonyl (C=O) groups excluding carboxylic acids is 1. The Kier molecular flexibility index (Phi) is 3.27. The van der Waals surface area contributed by atoms with Gasteiger partial charge in [0.25, 0.3) is 0 Å². The number of carbonyl (C=O) groups is 1. The zero-order chi connectivity index (χ0) is 12.5. The minimum absolute atomic E-state index is 0.255. The van der Waals surface area contributed by atoms with Crippen LogP contribution in [0, 0.1) is 5.92 Å². The molecule has 1 amide bonds. The monoisotopic (exact) mass is 245 g/mol. The topological polar surface area (TPSA) is 20.3 Å². The van der Waals surface area contributed by atoms with Gasteiger partial charge in [-0.05, 0) is 50.0 Å². The molecule has 98 valence electrons. The first-order chi connectivity index (χ1) is 8.77. The first kappa shape index (κ1) is 12.0. The summed E-state index contributed by atoms with van der Waals surface area (Å²) < 4.78 is 0. The summed E-state index contributed by atoms with van der Waals surface area (Å²) in [6, 6.07) is 0.443. The lowest BCUT2D eigenvalue weighted by atomic mass is 9.83. The van der Waals surface area contributed by atoms with E-state index < -0.39 is 0 Å². The smallest absolute Gasteiger partial charge is 0.223 e. The van der Waals surface area contributed by atoms with Gasteiger partial charge in [0.15, 0.2) is 0 Å². The van der Waals surface area contributed by atoms with Gasteiger partial charge in [0.2, 0.25) is 5.91 Å². The molecule has 1 fully saturated rings. The van der Waals surface area contributed by atoms with E-state index in [0.29, 0.717) is 12.0 Å². The van der Waals surface area contributed by atoms with Crippen molar-refractivity contribution in [1.29, 1.82) is 0 Å². The molecular weight excluding hydrogens is 222 g/mol. The Morgan fingerprint density at radius 2 is 1.94 bits per heavy atom. The van der Waals surface area contributed by atoms with Gasteiger partial charge in [0.05, 0.1) is 0 Å². The number of nitrogens with zero attached hydrogens (tertiary/aromatic N) is 1. The molecule has 2 heteroatoms. The van der Waals surface area contributed by atoms with Crippen LogP contribution < -0.4 is 0 Å². The van der Waals surface area contributed by atoms with E-state index in [4.69, 9.17) is 0 Å². The molecule has 0 aromatic heterocycles. The van der Waals surface area contributed by atoms with Crippen LogP contribution in [0.5, 0.6) is 0 Å². The Labute approximate surface area is 110 Å². The normalized spacial score (nSPS) is 31.7. The Morgan fingerprint density at radius 1 is 1.17 bits per heavy atom. The Morgan fingerprint density at radius 3 is 2.78 bits per heavy atom. The van der Waals surface area contributed by atoms with Crippen molar-refractivity contribution in [2.24, 2.45) is 5.92 Å². The lowest BCUT2D eigenvalue weighted by molar-refractivity contribution is -0.130. The van der Waals surface area contributed by atoms with Crippen molar-refractivity contribution in [3.8, 4) is 0 Å². The maximum Gasteiger partial charge on any atom is 0.223 e. The number of hydrogen-bond acceptors (Lipinski definition) is 1. The largest absolute Gasteiger partial charge is 0.313 e. The van der Waals surface area contributed by atoms with Crippen LogP contribution in [-0.4, -0.2) is 16.8 Å². The van der Waals surface area contributed by atoms with Crippen LogP contribution >= 0.6 is 0 Å². The second-order valence-electron chi connectivity index (χ2n) is 5.94. The molecule has 18 heavy (non-hydrogen) atoms. The zero-order valence-electron chi connectivity index (χ0n) is 11.3. The molecule has 1 aliphatic heterocycles. The van der Waals surface area contributed by atoms with E-state index in [0.717, 1.165) is 12.8 Å². The quantitative estimate of drug-likeness (QED) is 0.636. The van der Waals surface area contributed by atoms with Crippen LogP contribution in [0.3, 0.4) is 0 Å². The third kappa shape index (κ3) is 2.02. The summed E-state index contributed by atoms with van der Waals surface area (Å²) in [5.41, 5.74) is 2.78. The molecule has 0 aromatic rings. The van der Waals surface area contributed by atoms with Crippen LogP contribution in [0.1, 0.15) is 58.3 Å². The highest BCUT2D eigenvalue weighted by Gasteiger charge is 2.35. The van der Waals surface area contributed by atoms with Crippen LogP contribution in [-0.2, 0) is 4.79 Å². The van der Waals surface area contributed by atoms with Gasteiger partial charge >= 0.3 is 0 Å². The summed E-state index contributed by atoms with van der Waals surface area (Å²) >= 11 is 0. The summed E-state index contributed by atoms with van der Waals surface area (Å²) in [6.07, 6.45) is 14.6. The van der Waals surface area contributed by atoms with Crippen molar-refractivity contribution in [3.63, 3.8) is 0 Å². The second kappa shape index (κ2) is 4.91. The van der Waals surface area contributed by atoms with Gasteiger partial charge in [-0.15, -0.1) is 0 Å². The highest BCUT2D eigenvalue weighted by molar-refractivity contribution is 5.76. The summed E-state index contributed by atoms with van der Waals surface area (Å²) in [6.45, 7) is 1.75. The lowest BCUT2D eigenvalue weighted by Crippen LogP contribution is -2.43. The Bertz CT molecular complexity index is 407. The molecule has 0 aromatic carbocycles. The van der Waals surface area contributed by atoms with E-state index in [9.17, 15) is 4.79 Å². The zero-order valence-corrected chi connectivity index (χ0v) is 11.3. The highest BCUT2D eigenvalue weighted by Crippen LogP contribution is 2.39. The molecule has 1 saturated carbocycles. The minimum Gasteiger partial charge on any atom is -0.313 e. The van der Waals surface area contributed by atoms with E-state index in [2.05, 4.69) is 17.1 Å². The van der Waals surface area contributed by atoms with E-state index in [1.807, 2.05) is 0 Å². The third-order valence-electron chi connectivity index (χ3n) is 4.77. The molecule has 1 heterocycles. The highest BCUT2D eigenvalue weighted by atomic mass is 16.2. The van der Waals surface area contributed by atoms with Gasteiger partial charge < -0.3 is 4.90 Å². The van der Waals surface area contributed by atoms with Crippen molar-refractivity contribution in [2.75, 3.05) is 0 Å². The van der Waals surface area contributed by atoms with E-state index in [1.165, 1.54) is 49.8 Å². The maximum absolute atomic E-state index is 12.1. The van der Waals surface area contributed by atoms with Gasteiger partial charge in [-0.3, -0.25) is 4.79 Å². The van der Waals surface area contributed by atoms with Crippen molar-refractivity contribution >= 4 is 5.91 Å². The SMILES string of the molecule is CC(=O)N1C2=C(C=CC3CCCCC31)CCCC2. The molecule has 0 N–H and O–H groups in total. The second-order valence-corrected chi connectivity index (χ2v) is 5.94. The molecule has 0 bridgehead atoms. The average Bonchev–Trinajstić information content (AvgIpc) is 2.55. The predicted molar refractivity (Wildman–Crippen MR) is 72.9 cm³/mol. The van der Waals surface area contributed by atoms with Crippen LogP contribution in [0.4, 0.5) is 0 Å².